The Morgan fingerprint density at radius 2 is 1.88 bits per heavy atom. The van der Waals surface area contributed by atoms with E-state index < -0.39 is 16.1 Å². The van der Waals surface area contributed by atoms with E-state index in [1.54, 1.807) is 29.2 Å². The molecule has 1 heterocycles. The fourth-order valence-electron chi connectivity index (χ4n) is 2.76. The van der Waals surface area contributed by atoms with E-state index in [1.807, 2.05) is 30.3 Å². The lowest BCUT2D eigenvalue weighted by molar-refractivity contribution is -0.118. The van der Waals surface area contributed by atoms with Crippen LogP contribution in [0.15, 0.2) is 54.6 Å². The monoisotopic (exact) mass is 364 g/mol. The molecule has 1 N–H and O–H groups in total. The van der Waals surface area contributed by atoms with Gasteiger partial charge in [0.25, 0.3) is 0 Å². The SMILES string of the molecule is O=C1[C@@H](NS(=O)(=O)Cc2cccc(Cl)c2)CCN1c1ccccc1. The molecule has 1 aliphatic rings. The highest BCUT2D eigenvalue weighted by Crippen LogP contribution is 2.22. The topological polar surface area (TPSA) is 66.5 Å². The van der Waals surface area contributed by atoms with E-state index in [4.69, 9.17) is 11.6 Å². The molecule has 1 fully saturated rings. The van der Waals surface area contributed by atoms with Gasteiger partial charge in [0, 0.05) is 17.3 Å². The van der Waals surface area contributed by atoms with Gasteiger partial charge < -0.3 is 4.90 Å². The highest BCUT2D eigenvalue weighted by Gasteiger charge is 2.35. The fraction of sp³-hybridized carbons (Fsp3) is 0.235. The normalized spacial score (nSPS) is 18.1. The standard InChI is InChI=1S/C17H17ClN2O3S/c18-14-6-4-5-13(11-14)12-24(22,23)19-16-9-10-20(17(16)21)15-7-2-1-3-8-15/h1-8,11,16,19H,9-10,12H2/t16-/m0/s1. The Balaban J connectivity index is 1.68. The van der Waals surface area contributed by atoms with Gasteiger partial charge in [-0.1, -0.05) is 41.9 Å². The number of nitrogens with zero attached hydrogens (tertiary/aromatic N) is 1. The van der Waals surface area contributed by atoms with E-state index in [0.29, 0.717) is 23.6 Å². The van der Waals surface area contributed by atoms with E-state index >= 15 is 0 Å². The molecular weight excluding hydrogens is 348 g/mol. The molecule has 5 nitrogen and oxygen atoms in total. The second-order valence-corrected chi connectivity index (χ2v) is 7.86. The third-order valence-corrected chi connectivity index (χ3v) is 5.43. The highest BCUT2D eigenvalue weighted by atomic mass is 35.5. The first-order valence-electron chi connectivity index (χ1n) is 7.55. The Morgan fingerprint density at radius 1 is 1.12 bits per heavy atom. The van der Waals surface area contributed by atoms with Gasteiger partial charge in [-0.05, 0) is 36.2 Å². The minimum absolute atomic E-state index is 0.206. The smallest absolute Gasteiger partial charge is 0.245 e. The van der Waals surface area contributed by atoms with Crippen molar-refractivity contribution >= 4 is 33.2 Å². The van der Waals surface area contributed by atoms with Crippen molar-refractivity contribution in [3.63, 3.8) is 0 Å². The van der Waals surface area contributed by atoms with Crippen molar-refractivity contribution in [1.29, 1.82) is 0 Å². The molecule has 7 heteroatoms. The van der Waals surface area contributed by atoms with E-state index in [-0.39, 0.29) is 11.7 Å². The number of rotatable bonds is 5. The molecule has 24 heavy (non-hydrogen) atoms. The van der Waals surface area contributed by atoms with Gasteiger partial charge in [0.2, 0.25) is 15.9 Å². The molecule has 0 aliphatic carbocycles. The largest absolute Gasteiger partial charge is 0.311 e. The van der Waals surface area contributed by atoms with E-state index in [2.05, 4.69) is 4.72 Å². The number of hydrogen-bond acceptors (Lipinski definition) is 3. The minimum atomic E-state index is -3.63. The maximum atomic E-state index is 12.5. The van der Waals surface area contributed by atoms with Crippen LogP contribution in [0.25, 0.3) is 0 Å². The minimum Gasteiger partial charge on any atom is -0.311 e. The lowest BCUT2D eigenvalue weighted by atomic mass is 10.2. The zero-order valence-electron chi connectivity index (χ0n) is 12.9. The third kappa shape index (κ3) is 3.95. The summed E-state index contributed by atoms with van der Waals surface area (Å²) in [5.74, 6) is -0.432. The van der Waals surface area contributed by atoms with Gasteiger partial charge >= 0.3 is 0 Å². The number of hydrogen-bond donors (Lipinski definition) is 1. The molecule has 1 aliphatic heterocycles. The molecule has 3 rings (SSSR count). The fourth-order valence-corrected chi connectivity index (χ4v) is 4.32. The van der Waals surface area contributed by atoms with Crippen molar-refractivity contribution in [2.75, 3.05) is 11.4 Å². The summed E-state index contributed by atoms with van der Waals surface area (Å²) in [5, 5.41) is 0.481. The number of nitrogens with one attached hydrogen (secondary N) is 1. The van der Waals surface area contributed by atoms with Crippen LogP contribution in [0.3, 0.4) is 0 Å². The molecule has 0 bridgehead atoms. The van der Waals surface area contributed by atoms with Crippen molar-refractivity contribution in [2.45, 2.75) is 18.2 Å². The molecule has 0 unspecified atom stereocenters. The molecule has 0 spiro atoms. The number of carbonyl (C=O) groups excluding carboxylic acids is 1. The van der Waals surface area contributed by atoms with Gasteiger partial charge in [0.15, 0.2) is 0 Å². The number of anilines is 1. The third-order valence-electron chi connectivity index (χ3n) is 3.84. The number of amides is 1. The number of sulfonamides is 1. The summed E-state index contributed by atoms with van der Waals surface area (Å²) in [6.07, 6.45) is 0.447. The van der Waals surface area contributed by atoms with E-state index in [0.717, 1.165) is 5.69 Å². The average molecular weight is 365 g/mol. The predicted octanol–water partition coefficient (Wildman–Crippen LogP) is 2.56. The summed E-state index contributed by atoms with van der Waals surface area (Å²) in [5.41, 5.74) is 1.36. The van der Waals surface area contributed by atoms with Gasteiger partial charge in [-0.25, -0.2) is 13.1 Å². The molecule has 0 saturated carbocycles. The molecule has 1 atom stereocenters. The maximum absolute atomic E-state index is 12.5. The van der Waals surface area contributed by atoms with Crippen LogP contribution in [0.5, 0.6) is 0 Å². The van der Waals surface area contributed by atoms with Crippen LogP contribution in [0.2, 0.25) is 5.02 Å². The van der Waals surface area contributed by atoms with Gasteiger partial charge in [-0.2, -0.15) is 0 Å². The molecule has 0 radical (unpaired) electrons. The number of halogens is 1. The summed E-state index contributed by atoms with van der Waals surface area (Å²) in [4.78, 5) is 14.1. The molecule has 0 aromatic heterocycles. The first-order chi connectivity index (χ1) is 11.4. The summed E-state index contributed by atoms with van der Waals surface area (Å²) >= 11 is 5.88. The number of benzene rings is 2. The van der Waals surface area contributed by atoms with E-state index in [9.17, 15) is 13.2 Å². The van der Waals surface area contributed by atoms with Gasteiger partial charge in [-0.15, -0.1) is 0 Å². The van der Waals surface area contributed by atoms with Crippen molar-refractivity contribution in [3.8, 4) is 0 Å². The molecular formula is C17H17ClN2O3S. The Hall–Kier alpha value is -1.89. The molecule has 1 saturated heterocycles. The van der Waals surface area contributed by atoms with Crippen LogP contribution in [0, 0.1) is 0 Å². The lowest BCUT2D eigenvalue weighted by Gasteiger charge is -2.17. The van der Waals surface area contributed by atoms with Crippen LogP contribution in [0.4, 0.5) is 5.69 Å². The van der Waals surface area contributed by atoms with Crippen molar-refractivity contribution in [1.82, 2.24) is 4.72 Å². The Bertz CT molecular complexity index is 840. The Labute approximate surface area is 146 Å². The van der Waals surface area contributed by atoms with Crippen LogP contribution in [0.1, 0.15) is 12.0 Å². The summed E-state index contributed by atoms with van der Waals surface area (Å²) in [6, 6.07) is 15.2. The number of para-hydroxylation sites is 1. The maximum Gasteiger partial charge on any atom is 0.245 e. The summed E-state index contributed by atoms with van der Waals surface area (Å²) in [6.45, 7) is 0.493. The van der Waals surface area contributed by atoms with Crippen LogP contribution >= 0.6 is 11.6 Å². The molecule has 126 valence electrons. The van der Waals surface area contributed by atoms with Gasteiger partial charge in [0.1, 0.15) is 6.04 Å². The second kappa shape index (κ2) is 6.93. The molecule has 1 amide bonds. The quantitative estimate of drug-likeness (QED) is 0.886. The van der Waals surface area contributed by atoms with Crippen LogP contribution in [-0.4, -0.2) is 26.9 Å². The summed E-state index contributed by atoms with van der Waals surface area (Å²) < 4.78 is 27.2. The zero-order valence-corrected chi connectivity index (χ0v) is 14.4. The second-order valence-electron chi connectivity index (χ2n) is 5.67. The van der Waals surface area contributed by atoms with Gasteiger partial charge in [-0.3, -0.25) is 4.79 Å². The number of carbonyl (C=O) groups is 1. The van der Waals surface area contributed by atoms with Crippen LogP contribution < -0.4 is 9.62 Å². The summed E-state index contributed by atoms with van der Waals surface area (Å²) in [7, 11) is -3.63. The van der Waals surface area contributed by atoms with Crippen molar-refractivity contribution in [2.24, 2.45) is 0 Å². The average Bonchev–Trinajstić information content (AvgIpc) is 2.88. The van der Waals surface area contributed by atoms with E-state index in [1.165, 1.54) is 0 Å². The zero-order chi connectivity index (χ0) is 17.2. The Morgan fingerprint density at radius 3 is 2.58 bits per heavy atom. The van der Waals surface area contributed by atoms with Crippen molar-refractivity contribution < 1.29 is 13.2 Å². The first kappa shape index (κ1) is 17.0. The first-order valence-corrected chi connectivity index (χ1v) is 9.58. The molecule has 2 aromatic carbocycles. The highest BCUT2D eigenvalue weighted by molar-refractivity contribution is 7.88. The lowest BCUT2D eigenvalue weighted by Crippen LogP contribution is -2.41. The van der Waals surface area contributed by atoms with Crippen molar-refractivity contribution in [3.05, 3.63) is 65.2 Å². The Kier molecular flexibility index (Phi) is 4.89. The predicted molar refractivity (Wildman–Crippen MR) is 94.4 cm³/mol. The molecule has 2 aromatic rings. The van der Waals surface area contributed by atoms with Gasteiger partial charge in [0.05, 0.1) is 5.75 Å². The van der Waals surface area contributed by atoms with Crippen LogP contribution in [-0.2, 0) is 20.6 Å².